The molecule has 1 heterocycles. The lowest BCUT2D eigenvalue weighted by Gasteiger charge is -2.27. The van der Waals surface area contributed by atoms with Gasteiger partial charge in [-0.05, 0) is 72.5 Å². The first kappa shape index (κ1) is 13.0. The number of halogens is 2. The third-order valence-electron chi connectivity index (χ3n) is 3.87. The standard InChI is InChI=1S/C14H18ClIN2/c15-11-4-5-14(12(16)8-11)18-7-1-6-17-13(9-18)10-2-3-10/h4-5,8,10,13,17H,1-3,6-7,9H2. The van der Waals surface area contributed by atoms with Crippen LogP contribution in [0.1, 0.15) is 19.3 Å². The maximum Gasteiger partial charge on any atom is 0.0503 e. The van der Waals surface area contributed by atoms with Crippen LogP contribution >= 0.6 is 34.2 Å². The lowest BCUT2D eigenvalue weighted by molar-refractivity contribution is 0.490. The SMILES string of the molecule is Clc1ccc(N2CCCNC(C3CC3)C2)c(I)c1. The molecule has 1 aliphatic heterocycles. The molecule has 2 fully saturated rings. The van der Waals surface area contributed by atoms with Crippen LogP contribution in [0.25, 0.3) is 0 Å². The van der Waals surface area contributed by atoms with Crippen molar-refractivity contribution >= 4 is 39.9 Å². The summed E-state index contributed by atoms with van der Waals surface area (Å²) in [7, 11) is 0. The van der Waals surface area contributed by atoms with Crippen molar-refractivity contribution in [3.05, 3.63) is 26.8 Å². The van der Waals surface area contributed by atoms with Crippen molar-refractivity contribution in [3.63, 3.8) is 0 Å². The fourth-order valence-corrected chi connectivity index (χ4v) is 3.93. The Hall–Kier alpha value is -0.000000000000000111. The van der Waals surface area contributed by atoms with Crippen LogP contribution in [0.4, 0.5) is 5.69 Å². The molecule has 1 saturated carbocycles. The summed E-state index contributed by atoms with van der Waals surface area (Å²) in [6.45, 7) is 3.44. The molecule has 0 spiro atoms. The predicted molar refractivity (Wildman–Crippen MR) is 85.5 cm³/mol. The van der Waals surface area contributed by atoms with Crippen molar-refractivity contribution in [2.75, 3.05) is 24.5 Å². The Balaban J connectivity index is 1.80. The first-order chi connectivity index (χ1) is 8.74. The highest BCUT2D eigenvalue weighted by Crippen LogP contribution is 2.35. The summed E-state index contributed by atoms with van der Waals surface area (Å²) < 4.78 is 1.26. The minimum atomic E-state index is 0.680. The summed E-state index contributed by atoms with van der Waals surface area (Å²) in [5, 5.41) is 4.53. The molecule has 2 nitrogen and oxygen atoms in total. The number of rotatable bonds is 2. The second kappa shape index (κ2) is 5.55. The molecule has 4 heteroatoms. The first-order valence-electron chi connectivity index (χ1n) is 6.67. The normalized spacial score (nSPS) is 25.0. The highest BCUT2D eigenvalue weighted by atomic mass is 127. The maximum absolute atomic E-state index is 6.04. The Bertz CT molecular complexity index is 434. The summed E-state index contributed by atoms with van der Waals surface area (Å²) in [4.78, 5) is 2.53. The molecule has 1 atom stereocenters. The molecule has 1 aliphatic carbocycles. The average Bonchev–Trinajstić information content (AvgIpc) is 3.15. The van der Waals surface area contributed by atoms with E-state index in [0.717, 1.165) is 30.6 Å². The minimum absolute atomic E-state index is 0.680. The zero-order valence-electron chi connectivity index (χ0n) is 10.3. The topological polar surface area (TPSA) is 15.3 Å². The van der Waals surface area contributed by atoms with Crippen LogP contribution in [0, 0.1) is 9.49 Å². The van der Waals surface area contributed by atoms with E-state index in [1.54, 1.807) is 0 Å². The molecule has 1 saturated heterocycles. The molecule has 1 N–H and O–H groups in total. The molecule has 1 aromatic carbocycles. The van der Waals surface area contributed by atoms with Gasteiger partial charge in [0.2, 0.25) is 0 Å². The van der Waals surface area contributed by atoms with Crippen LogP contribution in [0.15, 0.2) is 18.2 Å². The zero-order valence-corrected chi connectivity index (χ0v) is 13.2. The maximum atomic E-state index is 6.04. The Morgan fingerprint density at radius 2 is 2.17 bits per heavy atom. The molecule has 0 amide bonds. The van der Waals surface area contributed by atoms with Gasteiger partial charge in [-0.3, -0.25) is 0 Å². The van der Waals surface area contributed by atoms with E-state index in [1.165, 1.54) is 28.5 Å². The van der Waals surface area contributed by atoms with Crippen molar-refractivity contribution in [3.8, 4) is 0 Å². The van der Waals surface area contributed by atoms with Gasteiger partial charge in [-0.2, -0.15) is 0 Å². The summed E-state index contributed by atoms with van der Waals surface area (Å²) in [5.74, 6) is 0.913. The van der Waals surface area contributed by atoms with E-state index in [0.29, 0.717) is 6.04 Å². The van der Waals surface area contributed by atoms with Crippen LogP contribution in [-0.4, -0.2) is 25.7 Å². The number of benzene rings is 1. The lowest BCUT2D eigenvalue weighted by atomic mass is 10.1. The molecule has 2 aliphatic rings. The van der Waals surface area contributed by atoms with Crippen LogP contribution in [0.5, 0.6) is 0 Å². The number of nitrogens with zero attached hydrogens (tertiary/aromatic N) is 1. The lowest BCUT2D eigenvalue weighted by Crippen LogP contribution is -2.39. The smallest absolute Gasteiger partial charge is 0.0503 e. The van der Waals surface area contributed by atoms with E-state index in [1.807, 2.05) is 6.07 Å². The summed E-state index contributed by atoms with van der Waals surface area (Å²) in [5.41, 5.74) is 1.34. The van der Waals surface area contributed by atoms with Crippen molar-refractivity contribution in [1.82, 2.24) is 5.32 Å². The van der Waals surface area contributed by atoms with Gasteiger partial charge in [-0.25, -0.2) is 0 Å². The number of hydrogen-bond donors (Lipinski definition) is 1. The molecule has 3 rings (SSSR count). The van der Waals surface area contributed by atoms with Crippen LogP contribution in [-0.2, 0) is 0 Å². The largest absolute Gasteiger partial charge is 0.369 e. The van der Waals surface area contributed by atoms with Crippen LogP contribution in [0.3, 0.4) is 0 Å². The second-order valence-electron chi connectivity index (χ2n) is 5.29. The van der Waals surface area contributed by atoms with Crippen LogP contribution < -0.4 is 10.2 Å². The second-order valence-corrected chi connectivity index (χ2v) is 6.89. The predicted octanol–water partition coefficient (Wildman–Crippen LogP) is 3.52. The Morgan fingerprint density at radius 1 is 1.33 bits per heavy atom. The summed E-state index contributed by atoms with van der Waals surface area (Å²) in [6.07, 6.45) is 4.04. The van der Waals surface area contributed by atoms with Gasteiger partial charge in [0, 0.05) is 27.7 Å². The average molecular weight is 377 g/mol. The van der Waals surface area contributed by atoms with Gasteiger partial charge < -0.3 is 10.2 Å². The zero-order chi connectivity index (χ0) is 12.5. The van der Waals surface area contributed by atoms with E-state index >= 15 is 0 Å². The van der Waals surface area contributed by atoms with Gasteiger partial charge in [0.05, 0.1) is 5.69 Å². The first-order valence-corrected chi connectivity index (χ1v) is 8.13. The Kier molecular flexibility index (Phi) is 4.01. The van der Waals surface area contributed by atoms with Crippen molar-refractivity contribution < 1.29 is 0 Å². The fourth-order valence-electron chi connectivity index (χ4n) is 2.72. The summed E-state index contributed by atoms with van der Waals surface area (Å²) >= 11 is 8.44. The van der Waals surface area contributed by atoms with E-state index in [4.69, 9.17) is 11.6 Å². The third kappa shape index (κ3) is 2.94. The molecule has 18 heavy (non-hydrogen) atoms. The van der Waals surface area contributed by atoms with Crippen LogP contribution in [0.2, 0.25) is 5.02 Å². The van der Waals surface area contributed by atoms with Gasteiger partial charge in [-0.1, -0.05) is 11.6 Å². The van der Waals surface area contributed by atoms with E-state index < -0.39 is 0 Å². The molecular weight excluding hydrogens is 359 g/mol. The molecule has 98 valence electrons. The number of nitrogens with one attached hydrogen (secondary N) is 1. The van der Waals surface area contributed by atoms with E-state index in [9.17, 15) is 0 Å². The minimum Gasteiger partial charge on any atom is -0.369 e. The van der Waals surface area contributed by atoms with Crippen molar-refractivity contribution in [1.29, 1.82) is 0 Å². The fraction of sp³-hybridized carbons (Fsp3) is 0.571. The van der Waals surface area contributed by atoms with E-state index in [2.05, 4.69) is 44.9 Å². The molecular formula is C14H18ClIN2. The third-order valence-corrected chi connectivity index (χ3v) is 4.97. The monoisotopic (exact) mass is 376 g/mol. The van der Waals surface area contributed by atoms with Gasteiger partial charge in [0.1, 0.15) is 0 Å². The quantitative estimate of drug-likeness (QED) is 0.795. The van der Waals surface area contributed by atoms with E-state index in [-0.39, 0.29) is 0 Å². The molecule has 0 bridgehead atoms. The summed E-state index contributed by atoms with van der Waals surface area (Å²) in [6, 6.07) is 6.91. The molecule has 1 unspecified atom stereocenters. The Labute approximate surface area is 127 Å². The highest BCUT2D eigenvalue weighted by Gasteiger charge is 2.33. The highest BCUT2D eigenvalue weighted by molar-refractivity contribution is 14.1. The molecule has 1 aromatic rings. The Morgan fingerprint density at radius 3 is 2.89 bits per heavy atom. The van der Waals surface area contributed by atoms with Gasteiger partial charge in [-0.15, -0.1) is 0 Å². The molecule has 0 aromatic heterocycles. The van der Waals surface area contributed by atoms with Crippen molar-refractivity contribution in [2.24, 2.45) is 5.92 Å². The number of hydrogen-bond acceptors (Lipinski definition) is 2. The van der Waals surface area contributed by atoms with Gasteiger partial charge in [0.25, 0.3) is 0 Å². The van der Waals surface area contributed by atoms with Crippen molar-refractivity contribution in [2.45, 2.75) is 25.3 Å². The molecule has 0 radical (unpaired) electrons. The van der Waals surface area contributed by atoms with Gasteiger partial charge in [0.15, 0.2) is 0 Å². The van der Waals surface area contributed by atoms with Gasteiger partial charge >= 0.3 is 0 Å². The number of anilines is 1.